The van der Waals surface area contributed by atoms with Crippen molar-refractivity contribution in [2.75, 3.05) is 11.9 Å². The zero-order chi connectivity index (χ0) is 26.2. The molecule has 0 spiro atoms. The van der Waals surface area contributed by atoms with Gasteiger partial charge in [-0.25, -0.2) is 4.79 Å². The first kappa shape index (κ1) is 30.5. The number of non-ortho nitro benzene ring substituents is 1. The van der Waals surface area contributed by atoms with Gasteiger partial charge in [-0.3, -0.25) is 19.7 Å². The number of hydrogen-bond donors (Lipinski definition) is 3. The predicted octanol–water partition coefficient (Wildman–Crippen LogP) is 2.68. The molecular weight excluding hydrogens is 717 g/mol. The van der Waals surface area contributed by atoms with Gasteiger partial charge in [-0.05, 0) is 48.7 Å². The molecule has 0 aliphatic heterocycles. The predicted molar refractivity (Wildman–Crippen MR) is 126 cm³/mol. The van der Waals surface area contributed by atoms with E-state index in [-0.39, 0.29) is 36.5 Å². The normalized spacial score (nSPS) is 10.3. The van der Waals surface area contributed by atoms with E-state index in [1.54, 1.807) is 30.7 Å². The van der Waals surface area contributed by atoms with Crippen molar-refractivity contribution in [2.45, 2.75) is 33.4 Å². The van der Waals surface area contributed by atoms with Crippen LogP contribution in [0, 0.1) is 16.0 Å². The van der Waals surface area contributed by atoms with Crippen molar-refractivity contribution in [2.24, 2.45) is 5.92 Å². The summed E-state index contributed by atoms with van der Waals surface area (Å²) in [5, 5.41) is 17.9. The zero-order valence-corrected chi connectivity index (χ0v) is 22.2. The summed E-state index contributed by atoms with van der Waals surface area (Å²) >= 11 is 0. The van der Waals surface area contributed by atoms with Gasteiger partial charge in [-0.2, -0.15) is 6.41 Å². The van der Waals surface area contributed by atoms with E-state index in [9.17, 15) is 29.3 Å². The van der Waals surface area contributed by atoms with Crippen molar-refractivity contribution in [1.82, 2.24) is 10.6 Å². The zero-order valence-electron chi connectivity index (χ0n) is 19.8. The Balaban J connectivity index is 0.00000118. The van der Waals surface area contributed by atoms with Gasteiger partial charge in [0.2, 0.25) is 12.3 Å². The van der Waals surface area contributed by atoms with Crippen molar-refractivity contribution in [3.05, 3.63) is 64.2 Å². The molecule has 3 N–H and O–H groups in total. The fraction of sp³-hybridized carbons (Fsp3) is 0.304. The van der Waals surface area contributed by atoms with Crippen LogP contribution in [0.1, 0.15) is 26.3 Å². The van der Waals surface area contributed by atoms with Gasteiger partial charge in [0.25, 0.3) is 5.69 Å². The third-order valence-electron chi connectivity index (χ3n) is 4.48. The van der Waals surface area contributed by atoms with E-state index in [4.69, 9.17) is 9.47 Å². The first-order valence-corrected chi connectivity index (χ1v) is 10.4. The molecule has 0 radical (unpaired) electrons. The number of benzene rings is 2. The summed E-state index contributed by atoms with van der Waals surface area (Å²) in [5.74, 6) is 0.238. The molecule has 0 bridgehead atoms. The second-order valence-corrected chi connectivity index (χ2v) is 7.41. The summed E-state index contributed by atoms with van der Waals surface area (Å²) in [4.78, 5) is 52.9. The monoisotopic (exact) mass is 744 g/mol. The number of carbonyl (C=O) groups excluding carboxylic acids is 4. The Hall–Kier alpha value is -5.48. The third kappa shape index (κ3) is 11.9. The second-order valence-electron chi connectivity index (χ2n) is 7.41. The number of amides is 3. The Kier molecular flexibility index (Phi) is 13.7. The Morgan fingerprint density at radius 2 is 1.69 bits per heavy atom. The van der Waals surface area contributed by atoms with E-state index in [0.29, 0.717) is 23.6 Å². The fourth-order valence-corrected chi connectivity index (χ4v) is 2.19. The van der Waals surface area contributed by atoms with Gasteiger partial charge in [0, 0.05) is 17.8 Å². The minimum absolute atomic E-state index is 0. The molecular formula is C23H27FmN4O8-. The number of nitro groups is 1. The largest absolute Gasteiger partial charge is 0.527 e. The van der Waals surface area contributed by atoms with Crippen LogP contribution in [0.15, 0.2) is 48.5 Å². The summed E-state index contributed by atoms with van der Waals surface area (Å²) in [6.07, 6.45) is 1.12. The quantitative estimate of drug-likeness (QED) is 0.0601. The number of hydrogen-bond acceptors (Lipinski definition) is 8. The SMILES string of the molecule is CC(C)C(C)N[C-]=O.O=CNCC(=O)Nc1ccc(COC(=O)Oc2ccc([N+](=O)[O-])cc2)cc1.[Fm]. The fourth-order valence-electron chi connectivity index (χ4n) is 2.19. The van der Waals surface area contributed by atoms with Crippen molar-refractivity contribution in [1.29, 1.82) is 0 Å². The maximum absolute atomic E-state index is 11.6. The van der Waals surface area contributed by atoms with Gasteiger partial charge < -0.3 is 30.2 Å². The van der Waals surface area contributed by atoms with Crippen molar-refractivity contribution in [3.8, 4) is 5.75 Å². The van der Waals surface area contributed by atoms with E-state index in [0.717, 1.165) is 0 Å². The van der Waals surface area contributed by atoms with Gasteiger partial charge in [0.1, 0.15) is 12.4 Å². The molecule has 13 heteroatoms. The molecule has 0 aliphatic rings. The van der Waals surface area contributed by atoms with Crippen LogP contribution in [-0.4, -0.2) is 42.4 Å². The van der Waals surface area contributed by atoms with Crippen LogP contribution in [-0.2, 0) is 25.7 Å². The molecule has 1 unspecified atom stereocenters. The van der Waals surface area contributed by atoms with E-state index in [2.05, 4.69) is 29.8 Å². The van der Waals surface area contributed by atoms with Gasteiger partial charge in [0.05, 0.1) is 11.5 Å². The molecule has 3 amide bonds. The standard InChI is InChI=1S/C17H15N3O7.C6H12NO.Fm/c21-11-18-9-16(22)19-13-3-1-12(2-4-13)10-26-17(23)27-15-7-5-14(6-8-15)20(24)25;1-5(2)6(3)7-4-8;/h1-8,11H,9-10H2,(H,18,21)(H,19,22);5-6H,1-3H3,(H,7,8);/q;-1;. The minimum Gasteiger partial charge on any atom is -0.527 e. The molecule has 2 rings (SSSR count). The molecule has 200 valence electrons. The van der Waals surface area contributed by atoms with Crippen molar-refractivity contribution in [3.63, 3.8) is 0 Å². The summed E-state index contributed by atoms with van der Waals surface area (Å²) in [6.45, 7) is 5.86. The molecule has 0 aliphatic carbocycles. The molecule has 0 aromatic heterocycles. The molecule has 0 saturated heterocycles. The smallest absolute Gasteiger partial charge is 0.514 e. The number of rotatable bonds is 11. The van der Waals surface area contributed by atoms with Crippen LogP contribution < -0.4 is 20.7 Å². The Morgan fingerprint density at radius 3 is 2.17 bits per heavy atom. The number of ether oxygens (including phenoxy) is 2. The molecule has 2 aromatic rings. The summed E-state index contributed by atoms with van der Waals surface area (Å²) < 4.78 is 9.86. The van der Waals surface area contributed by atoms with Crippen LogP contribution in [0.4, 0.5) is 16.2 Å². The molecule has 0 fully saturated rings. The van der Waals surface area contributed by atoms with E-state index in [1.165, 1.54) is 24.3 Å². The van der Waals surface area contributed by atoms with E-state index in [1.807, 2.05) is 6.92 Å². The molecule has 2 aromatic carbocycles. The van der Waals surface area contributed by atoms with Crippen molar-refractivity contribution < 1.29 is 33.6 Å². The van der Waals surface area contributed by atoms with Crippen molar-refractivity contribution >= 4 is 36.3 Å². The topological polar surface area (TPSA) is 166 Å². The first-order valence-electron chi connectivity index (χ1n) is 10.4. The van der Waals surface area contributed by atoms with Gasteiger partial charge in [-0.1, -0.05) is 26.0 Å². The first-order chi connectivity index (χ1) is 16.7. The summed E-state index contributed by atoms with van der Waals surface area (Å²) in [5.41, 5.74) is 1.05. The number of carbonyl (C=O) groups is 3. The Bertz CT molecular complexity index is 985. The van der Waals surface area contributed by atoms with Gasteiger partial charge >= 0.3 is 6.16 Å². The number of nitrogens with zero attached hydrogens (tertiary/aromatic N) is 1. The van der Waals surface area contributed by atoms with Crippen LogP contribution >= 0.6 is 0 Å². The summed E-state index contributed by atoms with van der Waals surface area (Å²) in [6, 6.07) is 11.7. The maximum Gasteiger partial charge on any atom is 0.514 e. The van der Waals surface area contributed by atoms with Crippen LogP contribution in [0.2, 0.25) is 0 Å². The Labute approximate surface area is 202 Å². The number of nitrogens with one attached hydrogen (secondary N) is 3. The maximum atomic E-state index is 11.6. The average Bonchev–Trinajstić information content (AvgIpc) is 2.83. The van der Waals surface area contributed by atoms with Crippen LogP contribution in [0.25, 0.3) is 0 Å². The molecule has 12 nitrogen and oxygen atoms in total. The van der Waals surface area contributed by atoms with Crippen LogP contribution in [0.5, 0.6) is 5.75 Å². The van der Waals surface area contributed by atoms with Gasteiger partial charge in [-0.15, -0.1) is 0 Å². The molecule has 36 heavy (non-hydrogen) atoms. The molecule has 0 heterocycles. The minimum atomic E-state index is -0.957. The van der Waals surface area contributed by atoms with E-state index >= 15 is 0 Å². The second kappa shape index (κ2) is 16.2. The number of nitro benzene ring substituents is 1. The van der Waals surface area contributed by atoms with E-state index < -0.39 is 11.1 Å². The average molecular weight is 744 g/mol. The number of anilines is 1. The molecule has 1 atom stereocenters. The molecule has 0 saturated carbocycles. The summed E-state index contributed by atoms with van der Waals surface area (Å²) in [7, 11) is 0. The Morgan fingerprint density at radius 1 is 1.08 bits per heavy atom. The van der Waals surface area contributed by atoms with Crippen LogP contribution in [0.3, 0.4) is 0 Å². The third-order valence-corrected chi connectivity index (χ3v) is 4.48. The van der Waals surface area contributed by atoms with Gasteiger partial charge in [0.15, 0.2) is 0 Å².